The molecule has 4 heterocycles. The molecule has 2 saturated carbocycles. The Morgan fingerprint density at radius 1 is 1.04 bits per heavy atom. The van der Waals surface area contributed by atoms with E-state index in [0.29, 0.717) is 40.0 Å². The summed E-state index contributed by atoms with van der Waals surface area (Å²) in [5.74, 6) is 1.44. The highest BCUT2D eigenvalue weighted by Gasteiger charge is 2.54. The summed E-state index contributed by atoms with van der Waals surface area (Å²) in [7, 11) is 0. The van der Waals surface area contributed by atoms with Crippen molar-refractivity contribution in [1.82, 2.24) is 24.5 Å². The molecule has 10 heteroatoms. The number of β-lactam (4-membered cyclic amide) rings is 1. The van der Waals surface area contributed by atoms with E-state index in [2.05, 4.69) is 15.4 Å². The van der Waals surface area contributed by atoms with E-state index in [1.807, 2.05) is 66.4 Å². The lowest BCUT2D eigenvalue weighted by atomic mass is 9.69. The smallest absolute Gasteiger partial charge is 0.265 e. The topological polar surface area (TPSA) is 128 Å². The highest BCUT2D eigenvalue weighted by molar-refractivity contribution is 6.10. The molecule has 4 atom stereocenters. The minimum atomic E-state index is -0.591. The number of anilines is 2. The van der Waals surface area contributed by atoms with Crippen LogP contribution in [0.2, 0.25) is 0 Å². The number of pyridine rings is 1. The third-order valence-corrected chi connectivity index (χ3v) is 10.3. The fourth-order valence-corrected chi connectivity index (χ4v) is 7.73. The van der Waals surface area contributed by atoms with Gasteiger partial charge in [0.15, 0.2) is 11.5 Å². The van der Waals surface area contributed by atoms with E-state index in [1.165, 1.54) is 17.4 Å². The van der Waals surface area contributed by atoms with Gasteiger partial charge in [0.05, 0.1) is 22.5 Å². The molecule has 2 aromatic carbocycles. The number of aromatic nitrogens is 4. The summed E-state index contributed by atoms with van der Waals surface area (Å²) in [5.41, 5.74) is 8.01. The third kappa shape index (κ3) is 4.42. The molecule has 2 aliphatic carbocycles. The van der Waals surface area contributed by atoms with Gasteiger partial charge in [0, 0.05) is 30.3 Å². The Labute approximate surface area is 259 Å². The van der Waals surface area contributed by atoms with E-state index in [1.54, 1.807) is 23.0 Å². The molecule has 1 spiro atoms. The molecule has 0 bridgehead atoms. The molecule has 1 aliphatic heterocycles. The predicted molar refractivity (Wildman–Crippen MR) is 172 cm³/mol. The molecule has 1 saturated heterocycles. The van der Waals surface area contributed by atoms with Crippen molar-refractivity contribution in [3.05, 3.63) is 94.7 Å². The maximum absolute atomic E-state index is 14.6. The first-order chi connectivity index (χ1) is 21.8. The predicted octanol–water partition coefficient (Wildman–Crippen LogP) is 5.04. The fourth-order valence-electron chi connectivity index (χ4n) is 7.73. The largest absolute Gasteiger partial charge is 0.381 e. The minimum Gasteiger partial charge on any atom is -0.381 e. The molecule has 10 nitrogen and oxygen atoms in total. The van der Waals surface area contributed by atoms with E-state index in [9.17, 15) is 14.4 Å². The lowest BCUT2D eigenvalue weighted by Crippen LogP contribution is -2.62. The summed E-state index contributed by atoms with van der Waals surface area (Å²) in [6, 6.07) is 18.1. The van der Waals surface area contributed by atoms with Crippen LogP contribution in [-0.2, 0) is 4.79 Å². The number of nitrogens with zero attached hydrogens (tertiary/aromatic N) is 5. The van der Waals surface area contributed by atoms with Crippen molar-refractivity contribution in [1.29, 1.82) is 0 Å². The number of para-hydroxylation sites is 1. The monoisotopic (exact) mass is 601 g/mol. The molecule has 3 N–H and O–H groups in total. The second kappa shape index (κ2) is 10.3. The number of nitrogens with two attached hydrogens (primary N) is 1. The first kappa shape index (κ1) is 27.6. The van der Waals surface area contributed by atoms with Crippen molar-refractivity contribution in [3.63, 3.8) is 0 Å². The maximum Gasteiger partial charge on any atom is 0.265 e. The lowest BCUT2D eigenvalue weighted by molar-refractivity contribution is -0.136. The van der Waals surface area contributed by atoms with E-state index in [0.717, 1.165) is 37.5 Å². The van der Waals surface area contributed by atoms with Gasteiger partial charge in [-0.2, -0.15) is 0 Å². The molecular weight excluding hydrogens is 566 g/mol. The van der Waals surface area contributed by atoms with Gasteiger partial charge in [0.25, 0.3) is 11.5 Å². The standard InChI is InChI=1S/C35H35N7O3/c1-21(38-32(43)29-30(36)39-41-17-7-16-37-31(29)41)27-19-24-8-5-12-26(28(24)33(44)42(27)25-10-3-2-4-11-25)40-20-35(34(40)45)14-6-9-22-18-23(22)13-15-35/h2-5,7-8,10-12,16-17,19,21-23H,6,9,13-15,18,20H2,1H3,(H2,36,39)(H,38,43)/t21-,22-,23?,35?/m0/s1. The number of carbonyl (C=O) groups excluding carboxylic acids is 2. The minimum absolute atomic E-state index is 0.0697. The van der Waals surface area contributed by atoms with Gasteiger partial charge in [-0.15, -0.1) is 5.10 Å². The second-order valence-corrected chi connectivity index (χ2v) is 13.0. The average molecular weight is 602 g/mol. The van der Waals surface area contributed by atoms with Gasteiger partial charge >= 0.3 is 0 Å². The van der Waals surface area contributed by atoms with E-state index < -0.39 is 11.9 Å². The number of benzene rings is 2. The Morgan fingerprint density at radius 2 is 1.87 bits per heavy atom. The summed E-state index contributed by atoms with van der Waals surface area (Å²) in [4.78, 5) is 48.1. The average Bonchev–Trinajstić information content (AvgIpc) is 3.68. The van der Waals surface area contributed by atoms with Crippen LogP contribution in [0.5, 0.6) is 0 Å². The number of carbonyl (C=O) groups is 2. The van der Waals surface area contributed by atoms with Crippen LogP contribution in [-0.4, -0.2) is 37.5 Å². The molecular formula is C35H35N7O3. The number of nitrogen functional groups attached to an aromatic ring is 1. The molecule has 2 amide bonds. The number of fused-ring (bicyclic) bond motifs is 3. The van der Waals surface area contributed by atoms with Crippen molar-refractivity contribution >= 4 is 39.7 Å². The first-order valence-electron chi connectivity index (χ1n) is 15.8. The van der Waals surface area contributed by atoms with Crippen LogP contribution < -0.4 is 21.5 Å². The van der Waals surface area contributed by atoms with Gasteiger partial charge in [-0.1, -0.05) is 43.2 Å². The summed E-state index contributed by atoms with van der Waals surface area (Å²) >= 11 is 0. The van der Waals surface area contributed by atoms with Crippen LogP contribution in [0.4, 0.5) is 11.5 Å². The molecule has 228 valence electrons. The quantitative estimate of drug-likeness (QED) is 0.272. The van der Waals surface area contributed by atoms with Gasteiger partial charge in [-0.05, 0) is 80.2 Å². The van der Waals surface area contributed by atoms with E-state index >= 15 is 0 Å². The number of nitrogens with one attached hydrogen (secondary N) is 1. The molecule has 5 aromatic rings. The Balaban J connectivity index is 1.18. The fraction of sp³-hybridized carbons (Fsp3) is 0.343. The summed E-state index contributed by atoms with van der Waals surface area (Å²) in [5, 5.41) is 8.44. The Bertz CT molecular complexity index is 2050. The van der Waals surface area contributed by atoms with E-state index in [4.69, 9.17) is 5.73 Å². The SMILES string of the molecule is C[C@H](NC(=O)c1c(N)nn2cccnc12)c1cc2cccc(N3CC4(CCC[C@H]5CC5CC4)C3=O)c2c(=O)n1-c1ccccc1. The molecule has 2 unspecified atom stereocenters. The second-order valence-electron chi connectivity index (χ2n) is 13.0. The number of amides is 2. The Morgan fingerprint density at radius 3 is 2.69 bits per heavy atom. The maximum atomic E-state index is 14.6. The summed E-state index contributed by atoms with van der Waals surface area (Å²) in [6.07, 6.45) is 9.90. The van der Waals surface area contributed by atoms with Gasteiger partial charge < -0.3 is 16.0 Å². The zero-order valence-electron chi connectivity index (χ0n) is 25.1. The Hall–Kier alpha value is -4.99. The van der Waals surface area contributed by atoms with Crippen LogP contribution in [0.25, 0.3) is 22.1 Å². The van der Waals surface area contributed by atoms with Crippen LogP contribution in [0.15, 0.2) is 77.9 Å². The van der Waals surface area contributed by atoms with Crippen molar-refractivity contribution in [2.24, 2.45) is 17.3 Å². The van der Waals surface area contributed by atoms with Crippen molar-refractivity contribution in [2.75, 3.05) is 17.2 Å². The molecule has 0 radical (unpaired) electrons. The first-order valence-corrected chi connectivity index (χ1v) is 15.8. The molecule has 45 heavy (non-hydrogen) atoms. The van der Waals surface area contributed by atoms with Crippen molar-refractivity contribution in [3.8, 4) is 5.69 Å². The van der Waals surface area contributed by atoms with Crippen molar-refractivity contribution in [2.45, 2.75) is 51.5 Å². The molecule has 3 fully saturated rings. The van der Waals surface area contributed by atoms with E-state index in [-0.39, 0.29) is 28.3 Å². The number of hydrogen-bond donors (Lipinski definition) is 2. The normalized spacial score (nSPS) is 23.3. The van der Waals surface area contributed by atoms with Gasteiger partial charge in [0.1, 0.15) is 5.56 Å². The highest BCUT2D eigenvalue weighted by Crippen LogP contribution is 2.54. The zero-order chi connectivity index (χ0) is 30.9. The Kier molecular flexibility index (Phi) is 6.30. The number of rotatable bonds is 5. The summed E-state index contributed by atoms with van der Waals surface area (Å²) < 4.78 is 3.10. The molecule has 8 rings (SSSR count). The number of hydrogen-bond acceptors (Lipinski definition) is 6. The molecule has 3 aromatic heterocycles. The molecule has 3 aliphatic rings. The van der Waals surface area contributed by atoms with Crippen LogP contribution in [0, 0.1) is 17.3 Å². The zero-order valence-corrected chi connectivity index (χ0v) is 25.1. The van der Waals surface area contributed by atoms with Crippen LogP contribution in [0.3, 0.4) is 0 Å². The highest BCUT2D eigenvalue weighted by atomic mass is 16.2. The van der Waals surface area contributed by atoms with Gasteiger partial charge in [0.2, 0.25) is 5.91 Å². The van der Waals surface area contributed by atoms with Crippen LogP contribution >= 0.6 is 0 Å². The van der Waals surface area contributed by atoms with Crippen molar-refractivity contribution < 1.29 is 9.59 Å². The van der Waals surface area contributed by atoms with Gasteiger partial charge in [-0.3, -0.25) is 19.0 Å². The third-order valence-electron chi connectivity index (χ3n) is 10.3. The summed E-state index contributed by atoms with van der Waals surface area (Å²) in [6.45, 7) is 2.48. The van der Waals surface area contributed by atoms with Crippen LogP contribution in [0.1, 0.15) is 67.5 Å². The lowest BCUT2D eigenvalue weighted by Gasteiger charge is -2.50. The van der Waals surface area contributed by atoms with Gasteiger partial charge in [-0.25, -0.2) is 9.50 Å².